The third-order valence-corrected chi connectivity index (χ3v) is 10.7. The van der Waals surface area contributed by atoms with Gasteiger partial charge in [-0.2, -0.15) is 13.2 Å². The van der Waals surface area contributed by atoms with E-state index in [0.29, 0.717) is 36.8 Å². The van der Waals surface area contributed by atoms with Gasteiger partial charge in [0, 0.05) is 0 Å². The second-order valence-electron chi connectivity index (χ2n) is 9.89. The molecule has 0 aliphatic heterocycles. The molecule has 2 aromatic carbocycles. The van der Waals surface area contributed by atoms with Gasteiger partial charge in [0.05, 0.1) is 0 Å². The second-order valence-corrected chi connectivity index (χ2v) is 14.4. The molecule has 2 aliphatic carbocycles. The minimum absolute atomic E-state index is 0.110. The van der Waals surface area contributed by atoms with Crippen LogP contribution in [0.4, 0.5) is 30.7 Å². The molecule has 0 radical (unpaired) electrons. The van der Waals surface area contributed by atoms with Gasteiger partial charge in [0.25, 0.3) is 0 Å². The van der Waals surface area contributed by atoms with Crippen molar-refractivity contribution in [3.63, 3.8) is 0 Å². The van der Waals surface area contributed by atoms with Crippen LogP contribution in [0.5, 0.6) is 5.75 Å². The molecule has 2 aromatic rings. The Morgan fingerprint density at radius 3 is 1.66 bits per heavy atom. The number of hydrogen-bond acceptors (Lipinski definition) is 1. The molecule has 2 aliphatic rings. The summed E-state index contributed by atoms with van der Waals surface area (Å²) in [7, 11) is 0. The van der Waals surface area contributed by atoms with Crippen LogP contribution in [0, 0.1) is 29.4 Å². The molecule has 0 amide bonds. The zero-order valence-corrected chi connectivity index (χ0v) is 24.7. The molecule has 0 spiro atoms. The Morgan fingerprint density at radius 2 is 1.17 bits per heavy atom. The summed E-state index contributed by atoms with van der Waals surface area (Å²) in [5, 5.41) is 0. The number of rotatable bonds is 5. The van der Waals surface area contributed by atoms with E-state index in [2.05, 4.69) is 0 Å². The van der Waals surface area contributed by atoms with Gasteiger partial charge in [-0.15, -0.1) is 0 Å². The van der Waals surface area contributed by atoms with Crippen LogP contribution in [0.15, 0.2) is 36.4 Å². The van der Waals surface area contributed by atoms with Gasteiger partial charge in [-0.3, -0.25) is 0 Å². The topological polar surface area (TPSA) is 9.23 Å². The molecule has 0 bridgehead atoms. The van der Waals surface area contributed by atoms with Crippen LogP contribution in [0.3, 0.4) is 0 Å². The average molecular weight is 688 g/mol. The first kappa shape index (κ1) is 26.7. The molecule has 4 rings (SSSR count). The van der Waals surface area contributed by atoms with Gasteiger partial charge in [0.2, 0.25) is 0 Å². The second kappa shape index (κ2) is 10.6. The first-order valence-corrected chi connectivity index (χ1v) is 15.2. The summed E-state index contributed by atoms with van der Waals surface area (Å²) in [6.45, 7) is 0. The third kappa shape index (κ3) is 6.34. The molecule has 0 heterocycles. The summed E-state index contributed by atoms with van der Waals surface area (Å²) in [5.41, 5.74) is -1.92. The molecule has 9 heteroatoms. The maximum absolute atomic E-state index is 14.9. The average Bonchev–Trinajstić information content (AvgIpc) is 2.78. The van der Waals surface area contributed by atoms with Crippen LogP contribution in [-0.4, -0.2) is 6.11 Å². The summed E-state index contributed by atoms with van der Waals surface area (Å²) in [4.78, 5) is 0. The zero-order chi connectivity index (χ0) is 25.4. The summed E-state index contributed by atoms with van der Waals surface area (Å²) in [6, 6.07) is 6.19. The fourth-order valence-corrected chi connectivity index (χ4v) is 7.39. The minimum Gasteiger partial charge on any atom is -0.206 e. The molecule has 0 saturated heterocycles. The maximum atomic E-state index is 14.9. The van der Waals surface area contributed by atoms with Crippen molar-refractivity contribution in [3.05, 3.63) is 53.6 Å². The van der Waals surface area contributed by atoms with E-state index in [9.17, 15) is 30.7 Å². The van der Waals surface area contributed by atoms with Crippen molar-refractivity contribution in [1.82, 2.24) is 0 Å². The molecule has 0 unspecified atom stereocenters. The van der Waals surface area contributed by atoms with Gasteiger partial charge < -0.3 is 0 Å². The Bertz CT molecular complexity index is 982. The number of alkyl halides is 5. The van der Waals surface area contributed by atoms with Gasteiger partial charge in [-0.05, 0) is 23.3 Å². The standard InChI is InChI=1S/C26H26F7O.Hg/c27-22-14-19(15-23(28)24(22)25(29,30)31)18-8-12-21(13-9-18)34-26(32,33)20-10-6-17(7-11-20)16-4-2-1-3-5-16;/h1,8-9,12-17,20H,2-7,10-11H2;. The predicted molar refractivity (Wildman–Crippen MR) is 114 cm³/mol. The Hall–Kier alpha value is -1.31. The molecular weight excluding hydrogens is 662 g/mol. The van der Waals surface area contributed by atoms with E-state index in [-0.39, 0.29) is 16.9 Å². The summed E-state index contributed by atoms with van der Waals surface area (Å²) >= 11 is 0.821. The van der Waals surface area contributed by atoms with Crippen molar-refractivity contribution in [1.29, 1.82) is 0 Å². The van der Waals surface area contributed by atoms with E-state index in [1.807, 2.05) is 0 Å². The van der Waals surface area contributed by atoms with Crippen LogP contribution in [-0.2, 0) is 32.3 Å². The molecule has 187 valence electrons. The third-order valence-electron chi connectivity index (χ3n) is 7.57. The molecule has 2 saturated carbocycles. The van der Waals surface area contributed by atoms with Crippen molar-refractivity contribution in [2.24, 2.45) is 17.8 Å². The predicted octanol–water partition coefficient (Wildman–Crippen LogP) is 8.95. The zero-order valence-electron chi connectivity index (χ0n) is 19.2. The van der Waals surface area contributed by atoms with E-state index in [1.165, 1.54) is 49.9 Å². The summed E-state index contributed by atoms with van der Waals surface area (Å²) in [6.07, 6.45) is -1.06. The van der Waals surface area contributed by atoms with Crippen molar-refractivity contribution >= 4 is 0 Å². The van der Waals surface area contributed by atoms with E-state index < -0.39 is 35.4 Å². The van der Waals surface area contributed by atoms with Gasteiger partial charge in [0.15, 0.2) is 0 Å². The number of hydrogen-bond donors (Lipinski definition) is 0. The molecular formula is C26H26F7HgO. The molecule has 0 N–H and O–H groups in total. The Labute approximate surface area is 216 Å². The Kier molecular flexibility index (Phi) is 8.08. The van der Waals surface area contributed by atoms with Crippen LogP contribution in [0.25, 0.3) is 11.1 Å². The Morgan fingerprint density at radius 1 is 0.686 bits per heavy atom. The van der Waals surface area contributed by atoms with Gasteiger partial charge in [-0.25, -0.2) is 8.78 Å². The molecule has 0 atom stereocenters. The first-order chi connectivity index (χ1) is 16.4. The van der Waals surface area contributed by atoms with Crippen LogP contribution < -0.4 is 4.74 Å². The van der Waals surface area contributed by atoms with E-state index in [1.54, 1.807) is 0 Å². The SMILES string of the molecule is Fc1cc(-c2ccc(OC(F)(F)C3CCC(C4CC[CH]([Hg])CC4)CC3)cc2)cc(F)c1C(F)(F)F. The van der Waals surface area contributed by atoms with Crippen molar-refractivity contribution in [2.75, 3.05) is 0 Å². The minimum atomic E-state index is -5.16. The van der Waals surface area contributed by atoms with Gasteiger partial charge in [-0.1, -0.05) is 12.1 Å². The number of benzene rings is 2. The van der Waals surface area contributed by atoms with E-state index in [4.69, 9.17) is 4.74 Å². The monoisotopic (exact) mass is 689 g/mol. The summed E-state index contributed by atoms with van der Waals surface area (Å²) in [5.74, 6) is -3.28. The van der Waals surface area contributed by atoms with Crippen molar-refractivity contribution in [3.8, 4) is 16.9 Å². The fraction of sp³-hybridized carbons (Fsp3) is 0.538. The van der Waals surface area contributed by atoms with Crippen molar-refractivity contribution < 1.29 is 61.6 Å². The van der Waals surface area contributed by atoms with Crippen LogP contribution in [0.1, 0.15) is 56.9 Å². The smallest absolute Gasteiger partial charge is 0.206 e. The fourth-order valence-electron chi connectivity index (χ4n) is 5.55. The van der Waals surface area contributed by atoms with Gasteiger partial charge >= 0.3 is 142 Å². The van der Waals surface area contributed by atoms with Gasteiger partial charge in [0.1, 0.15) is 17.2 Å². The number of halogens is 7. The first-order valence-electron chi connectivity index (χ1n) is 12.0. The number of ether oxygens (including phenoxy) is 1. The Balaban J connectivity index is 1.38. The van der Waals surface area contributed by atoms with Crippen molar-refractivity contribution in [2.45, 2.75) is 67.1 Å². The molecule has 0 aromatic heterocycles. The quantitative estimate of drug-likeness (QED) is 0.225. The normalized spacial score (nSPS) is 26.0. The summed E-state index contributed by atoms with van der Waals surface area (Å²) < 4.78 is 102. The van der Waals surface area contributed by atoms with E-state index in [0.717, 1.165) is 42.4 Å². The van der Waals surface area contributed by atoms with Crippen LogP contribution in [0.2, 0.25) is 3.43 Å². The van der Waals surface area contributed by atoms with E-state index >= 15 is 0 Å². The molecule has 35 heavy (non-hydrogen) atoms. The molecule has 2 fully saturated rings. The molecule has 1 nitrogen and oxygen atoms in total. The van der Waals surface area contributed by atoms with Crippen LogP contribution >= 0.6 is 0 Å².